The van der Waals surface area contributed by atoms with Crippen molar-refractivity contribution in [1.29, 1.82) is 0 Å². The van der Waals surface area contributed by atoms with Crippen LogP contribution in [-0.4, -0.2) is 47.8 Å². The molecular formula is C26H32N4O4. The van der Waals surface area contributed by atoms with Gasteiger partial charge in [0.05, 0.1) is 37.2 Å². The summed E-state index contributed by atoms with van der Waals surface area (Å²) in [6.07, 6.45) is 4.07. The van der Waals surface area contributed by atoms with Crippen molar-refractivity contribution in [3.63, 3.8) is 0 Å². The first-order valence-corrected chi connectivity index (χ1v) is 11.8. The molecular weight excluding hydrogens is 432 g/mol. The van der Waals surface area contributed by atoms with E-state index in [0.717, 1.165) is 18.5 Å². The summed E-state index contributed by atoms with van der Waals surface area (Å²) in [6.45, 7) is 5.59. The lowest BCUT2D eigenvalue weighted by atomic mass is 10.1. The molecule has 0 spiro atoms. The molecule has 0 unspecified atom stereocenters. The number of amides is 1. The van der Waals surface area contributed by atoms with Crippen LogP contribution in [0.5, 0.6) is 0 Å². The number of hydrogen-bond acceptors (Lipinski definition) is 6. The summed E-state index contributed by atoms with van der Waals surface area (Å²) in [5, 5.41) is 7.07. The highest BCUT2D eigenvalue weighted by Crippen LogP contribution is 2.34. The minimum atomic E-state index is -0.506. The van der Waals surface area contributed by atoms with Gasteiger partial charge in [-0.05, 0) is 44.7 Å². The maximum atomic E-state index is 13.0. The van der Waals surface area contributed by atoms with Gasteiger partial charge in [-0.3, -0.25) is 4.79 Å². The number of anilines is 2. The number of nitrogens with one attached hydrogen (secondary N) is 2. The fraction of sp³-hybridized carbons (Fsp3) is 0.423. The molecule has 1 amide bonds. The summed E-state index contributed by atoms with van der Waals surface area (Å²) in [5.41, 5.74) is 3.44. The van der Waals surface area contributed by atoms with Crippen LogP contribution < -0.4 is 10.6 Å². The van der Waals surface area contributed by atoms with E-state index >= 15 is 0 Å². The van der Waals surface area contributed by atoms with Gasteiger partial charge in [0.1, 0.15) is 5.65 Å². The number of carbonyl (C=O) groups excluding carboxylic acids is 2. The van der Waals surface area contributed by atoms with Crippen molar-refractivity contribution in [3.8, 4) is 0 Å². The van der Waals surface area contributed by atoms with E-state index in [1.54, 1.807) is 6.20 Å². The molecule has 3 heterocycles. The molecule has 1 aliphatic rings. The number of fused-ring (bicyclic) bond motifs is 1. The van der Waals surface area contributed by atoms with Gasteiger partial charge in [0.25, 0.3) is 0 Å². The fourth-order valence-electron chi connectivity index (χ4n) is 4.34. The average molecular weight is 465 g/mol. The molecule has 4 rings (SSSR count). The molecule has 8 nitrogen and oxygen atoms in total. The molecule has 0 radical (unpaired) electrons. The van der Waals surface area contributed by atoms with Gasteiger partial charge in [-0.2, -0.15) is 0 Å². The van der Waals surface area contributed by atoms with Crippen molar-refractivity contribution in [2.24, 2.45) is 5.92 Å². The Labute approximate surface area is 199 Å². The van der Waals surface area contributed by atoms with Crippen molar-refractivity contribution in [2.45, 2.75) is 45.7 Å². The quantitative estimate of drug-likeness (QED) is 0.460. The normalized spacial score (nSPS) is 15.6. The lowest BCUT2D eigenvalue weighted by molar-refractivity contribution is -0.119. The Hall–Kier alpha value is -3.39. The predicted octanol–water partition coefficient (Wildman–Crippen LogP) is 4.25. The summed E-state index contributed by atoms with van der Waals surface area (Å²) in [7, 11) is 1.35. The SMILES string of the molecule is COC(=O)c1c(NC(=O)[C@H]2CCOC2)c2cc(NC(C)C)cnc2n1CCCc1ccccc1. The Morgan fingerprint density at radius 1 is 1.26 bits per heavy atom. The van der Waals surface area contributed by atoms with E-state index in [1.807, 2.05) is 42.7 Å². The maximum absolute atomic E-state index is 13.0. The number of esters is 1. The number of ether oxygens (including phenoxy) is 2. The number of methoxy groups -OCH3 is 1. The minimum absolute atomic E-state index is 0.159. The van der Waals surface area contributed by atoms with Gasteiger partial charge in [-0.1, -0.05) is 30.3 Å². The second kappa shape index (κ2) is 10.7. The number of aromatic nitrogens is 2. The zero-order valence-corrected chi connectivity index (χ0v) is 20.0. The first kappa shape index (κ1) is 23.8. The molecule has 2 N–H and O–H groups in total. The van der Waals surface area contributed by atoms with Crippen LogP contribution in [0.1, 0.15) is 42.7 Å². The molecule has 2 aromatic heterocycles. The highest BCUT2D eigenvalue weighted by atomic mass is 16.5. The van der Waals surface area contributed by atoms with Gasteiger partial charge >= 0.3 is 5.97 Å². The summed E-state index contributed by atoms with van der Waals surface area (Å²) >= 11 is 0. The van der Waals surface area contributed by atoms with Crippen molar-refractivity contribution in [1.82, 2.24) is 9.55 Å². The zero-order valence-electron chi connectivity index (χ0n) is 20.0. The van der Waals surface area contributed by atoms with Crippen LogP contribution >= 0.6 is 0 Å². The lowest BCUT2D eigenvalue weighted by Gasteiger charge is -2.12. The zero-order chi connectivity index (χ0) is 24.1. The van der Waals surface area contributed by atoms with Crippen LogP contribution in [0.2, 0.25) is 0 Å². The number of nitrogens with zero attached hydrogens (tertiary/aromatic N) is 2. The number of carbonyl (C=O) groups is 2. The van der Waals surface area contributed by atoms with Gasteiger partial charge in [-0.15, -0.1) is 0 Å². The van der Waals surface area contributed by atoms with Crippen LogP contribution in [-0.2, 0) is 27.2 Å². The van der Waals surface area contributed by atoms with Crippen molar-refractivity contribution in [3.05, 3.63) is 53.9 Å². The molecule has 1 aromatic carbocycles. The highest BCUT2D eigenvalue weighted by Gasteiger charge is 2.29. The monoisotopic (exact) mass is 464 g/mol. The smallest absolute Gasteiger partial charge is 0.356 e. The molecule has 8 heteroatoms. The first-order chi connectivity index (χ1) is 16.5. The number of aryl methyl sites for hydroxylation is 2. The van der Waals surface area contributed by atoms with E-state index in [1.165, 1.54) is 12.7 Å². The standard InChI is InChI=1S/C26H32N4O4/c1-17(2)28-20-14-21-22(29-25(31)19-11-13-34-16-19)23(26(32)33-3)30(24(21)27-15-20)12-7-10-18-8-5-4-6-9-18/h4-6,8-9,14-15,17,19,28H,7,10-13,16H2,1-3H3,(H,29,31)/t19-/m0/s1. The van der Waals surface area contributed by atoms with E-state index in [2.05, 4.69) is 27.8 Å². The molecule has 1 atom stereocenters. The van der Waals surface area contributed by atoms with Crippen LogP contribution in [0.3, 0.4) is 0 Å². The van der Waals surface area contributed by atoms with E-state index in [9.17, 15) is 9.59 Å². The molecule has 3 aromatic rings. The van der Waals surface area contributed by atoms with E-state index in [0.29, 0.717) is 48.6 Å². The topological polar surface area (TPSA) is 94.5 Å². The van der Waals surface area contributed by atoms with Gasteiger partial charge in [0.2, 0.25) is 5.91 Å². The second-order valence-electron chi connectivity index (χ2n) is 8.90. The van der Waals surface area contributed by atoms with Gasteiger partial charge < -0.3 is 24.7 Å². The predicted molar refractivity (Wildman–Crippen MR) is 132 cm³/mol. The third kappa shape index (κ3) is 5.22. The molecule has 0 saturated carbocycles. The average Bonchev–Trinajstić information content (AvgIpc) is 3.46. The van der Waals surface area contributed by atoms with Crippen LogP contribution in [0.4, 0.5) is 11.4 Å². The Balaban J connectivity index is 1.74. The molecule has 1 saturated heterocycles. The Bertz CT molecular complexity index is 1150. The summed E-state index contributed by atoms with van der Waals surface area (Å²) < 4.78 is 12.4. The van der Waals surface area contributed by atoms with Crippen molar-refractivity contribution in [2.75, 3.05) is 31.0 Å². The molecule has 0 aliphatic carbocycles. The Morgan fingerprint density at radius 2 is 2.06 bits per heavy atom. The third-order valence-corrected chi connectivity index (χ3v) is 5.97. The minimum Gasteiger partial charge on any atom is -0.464 e. The third-order valence-electron chi connectivity index (χ3n) is 5.97. The van der Waals surface area contributed by atoms with Gasteiger partial charge in [0.15, 0.2) is 5.69 Å². The number of benzene rings is 1. The molecule has 0 bridgehead atoms. The van der Waals surface area contributed by atoms with Crippen LogP contribution in [0.15, 0.2) is 42.6 Å². The lowest BCUT2D eigenvalue weighted by Crippen LogP contribution is -2.24. The van der Waals surface area contributed by atoms with Crippen LogP contribution in [0.25, 0.3) is 11.0 Å². The summed E-state index contributed by atoms with van der Waals surface area (Å²) in [5.74, 6) is -0.908. The number of hydrogen-bond donors (Lipinski definition) is 2. The number of rotatable bonds is 9. The largest absolute Gasteiger partial charge is 0.464 e. The van der Waals surface area contributed by atoms with E-state index in [4.69, 9.17) is 9.47 Å². The van der Waals surface area contributed by atoms with Gasteiger partial charge in [-0.25, -0.2) is 9.78 Å². The Kier molecular flexibility index (Phi) is 7.47. The van der Waals surface area contributed by atoms with E-state index in [-0.39, 0.29) is 17.9 Å². The number of pyridine rings is 1. The second-order valence-corrected chi connectivity index (χ2v) is 8.90. The molecule has 1 aliphatic heterocycles. The molecule has 180 valence electrons. The highest BCUT2D eigenvalue weighted by molar-refractivity contribution is 6.11. The first-order valence-electron chi connectivity index (χ1n) is 11.8. The molecule has 34 heavy (non-hydrogen) atoms. The van der Waals surface area contributed by atoms with Gasteiger partial charge in [0, 0.05) is 24.6 Å². The molecule has 1 fully saturated rings. The summed E-state index contributed by atoms with van der Waals surface area (Å²) in [4.78, 5) is 30.6. The van der Waals surface area contributed by atoms with E-state index < -0.39 is 5.97 Å². The van der Waals surface area contributed by atoms with Crippen LogP contribution in [0, 0.1) is 5.92 Å². The summed E-state index contributed by atoms with van der Waals surface area (Å²) in [6, 6.07) is 12.4. The van der Waals surface area contributed by atoms with Crippen molar-refractivity contribution < 1.29 is 19.1 Å². The maximum Gasteiger partial charge on any atom is 0.356 e. The van der Waals surface area contributed by atoms with Crippen molar-refractivity contribution >= 4 is 34.3 Å². The fourth-order valence-corrected chi connectivity index (χ4v) is 4.34. The Morgan fingerprint density at radius 3 is 2.74 bits per heavy atom.